The molecule has 0 amide bonds. The minimum absolute atomic E-state index is 0.110. The Kier molecular flexibility index (Phi) is 7.72. The third kappa shape index (κ3) is 5.00. The lowest BCUT2D eigenvalue weighted by Gasteiger charge is -2.34. The number of hydrogen-bond donors (Lipinski definition) is 1. The fourth-order valence-corrected chi connectivity index (χ4v) is 5.89. The molecule has 4 rings (SSSR count). The first-order valence-electron chi connectivity index (χ1n) is 13.5. The van der Waals surface area contributed by atoms with Crippen molar-refractivity contribution in [3.05, 3.63) is 93.8 Å². The predicted octanol–water partition coefficient (Wildman–Crippen LogP) is 8.43. The van der Waals surface area contributed by atoms with Gasteiger partial charge in [0.05, 0.1) is 0 Å². The number of halogens is 1. The van der Waals surface area contributed by atoms with Gasteiger partial charge in [-0.3, -0.25) is 0 Å². The van der Waals surface area contributed by atoms with Gasteiger partial charge in [-0.25, -0.2) is 4.39 Å². The van der Waals surface area contributed by atoms with Gasteiger partial charge in [-0.05, 0) is 110 Å². The van der Waals surface area contributed by atoms with Gasteiger partial charge in [0.1, 0.15) is 11.4 Å². The van der Waals surface area contributed by atoms with E-state index in [0.29, 0.717) is 6.42 Å². The van der Waals surface area contributed by atoms with E-state index in [2.05, 4.69) is 75.9 Å². The molecular weight excluding hydrogens is 443 g/mol. The number of hydrogen-bond acceptors (Lipinski definition) is 1. The van der Waals surface area contributed by atoms with Crippen LogP contribution in [0.15, 0.2) is 54.6 Å². The Balaban J connectivity index is 1.69. The van der Waals surface area contributed by atoms with E-state index in [-0.39, 0.29) is 11.2 Å². The lowest BCUT2D eigenvalue weighted by molar-refractivity contribution is 0.110. The van der Waals surface area contributed by atoms with Crippen molar-refractivity contribution in [2.24, 2.45) is 0 Å². The standard InChI is InChI=1S/C34H39FO/c1-6-26-11-12-28(23-32(26)35)31-16-15-30(22-25(31)5)34(7-2,8-3)29-14-13-27(24(4)21-29)17-20-33(36)18-9-10-19-33/h11-16,21-23,36H,6-10,18-19H2,1-5H3. The van der Waals surface area contributed by atoms with Crippen LogP contribution in [0.2, 0.25) is 0 Å². The normalized spacial score (nSPS) is 15.0. The smallest absolute Gasteiger partial charge is 0.127 e. The number of aliphatic hydroxyl groups is 1. The summed E-state index contributed by atoms with van der Waals surface area (Å²) >= 11 is 0. The Labute approximate surface area is 216 Å². The SMILES string of the molecule is CCc1ccc(-c2ccc(C(CC)(CC)c3ccc(C#CC4(O)CCCC4)c(C)c3)cc2C)cc1F. The maximum Gasteiger partial charge on any atom is 0.127 e. The lowest BCUT2D eigenvalue weighted by Crippen LogP contribution is -2.26. The Bertz CT molecular complexity index is 1300. The van der Waals surface area contributed by atoms with Crippen LogP contribution in [-0.2, 0) is 11.8 Å². The van der Waals surface area contributed by atoms with Crippen molar-refractivity contribution in [2.75, 3.05) is 0 Å². The summed E-state index contributed by atoms with van der Waals surface area (Å²) in [6, 6.07) is 18.9. The van der Waals surface area contributed by atoms with Gasteiger partial charge in [0, 0.05) is 11.0 Å². The first-order valence-corrected chi connectivity index (χ1v) is 13.5. The van der Waals surface area contributed by atoms with Crippen LogP contribution in [0.4, 0.5) is 4.39 Å². The largest absolute Gasteiger partial charge is 0.378 e. The molecule has 0 atom stereocenters. The van der Waals surface area contributed by atoms with Crippen LogP contribution in [0, 0.1) is 31.5 Å². The average Bonchev–Trinajstić information content (AvgIpc) is 3.31. The van der Waals surface area contributed by atoms with Crippen molar-refractivity contribution in [3.63, 3.8) is 0 Å². The van der Waals surface area contributed by atoms with Crippen LogP contribution < -0.4 is 0 Å². The molecule has 3 aromatic carbocycles. The molecule has 0 aromatic heterocycles. The number of rotatable bonds is 6. The summed E-state index contributed by atoms with van der Waals surface area (Å²) in [7, 11) is 0. The molecule has 1 aliphatic rings. The predicted molar refractivity (Wildman–Crippen MR) is 149 cm³/mol. The summed E-state index contributed by atoms with van der Waals surface area (Å²) < 4.78 is 14.5. The Hall–Kier alpha value is -2.89. The minimum atomic E-state index is -0.819. The molecule has 0 heterocycles. The van der Waals surface area contributed by atoms with Gasteiger partial charge in [0.25, 0.3) is 0 Å². The van der Waals surface area contributed by atoms with Gasteiger partial charge in [-0.15, -0.1) is 0 Å². The summed E-state index contributed by atoms with van der Waals surface area (Å²) in [6.45, 7) is 10.7. The van der Waals surface area contributed by atoms with E-state index in [1.165, 1.54) is 11.1 Å². The van der Waals surface area contributed by atoms with Crippen molar-refractivity contribution < 1.29 is 9.50 Å². The maximum absolute atomic E-state index is 14.5. The van der Waals surface area contributed by atoms with E-state index in [4.69, 9.17) is 0 Å². The summed E-state index contributed by atoms with van der Waals surface area (Å²) in [6.07, 6.45) is 6.31. The first-order chi connectivity index (χ1) is 17.2. The zero-order chi connectivity index (χ0) is 25.9. The molecule has 0 aliphatic heterocycles. The summed E-state index contributed by atoms with van der Waals surface area (Å²) in [4.78, 5) is 0. The molecule has 188 valence electrons. The first kappa shape index (κ1) is 26.2. The van der Waals surface area contributed by atoms with E-state index in [0.717, 1.165) is 71.9 Å². The molecule has 1 fully saturated rings. The quantitative estimate of drug-likeness (QED) is 0.350. The van der Waals surface area contributed by atoms with Gasteiger partial charge < -0.3 is 5.11 Å². The third-order valence-corrected chi connectivity index (χ3v) is 8.37. The van der Waals surface area contributed by atoms with E-state index >= 15 is 0 Å². The molecule has 0 saturated heterocycles. The molecule has 1 N–H and O–H groups in total. The lowest BCUT2D eigenvalue weighted by atomic mass is 9.69. The van der Waals surface area contributed by atoms with Crippen LogP contribution in [0.5, 0.6) is 0 Å². The maximum atomic E-state index is 14.5. The highest BCUT2D eigenvalue weighted by Gasteiger charge is 2.32. The molecule has 36 heavy (non-hydrogen) atoms. The molecule has 0 spiro atoms. The van der Waals surface area contributed by atoms with Crippen LogP contribution in [0.1, 0.15) is 92.7 Å². The summed E-state index contributed by atoms with van der Waals surface area (Å²) in [5, 5.41) is 10.6. The fourth-order valence-electron chi connectivity index (χ4n) is 5.89. The molecule has 0 unspecified atom stereocenters. The van der Waals surface area contributed by atoms with Crippen LogP contribution in [0.3, 0.4) is 0 Å². The second kappa shape index (κ2) is 10.6. The van der Waals surface area contributed by atoms with Crippen molar-refractivity contribution >= 4 is 0 Å². The fraction of sp³-hybridized carbons (Fsp3) is 0.412. The summed E-state index contributed by atoms with van der Waals surface area (Å²) in [5.74, 6) is 6.29. The summed E-state index contributed by atoms with van der Waals surface area (Å²) in [5.41, 5.74) is 7.71. The van der Waals surface area contributed by atoms with E-state index in [1.54, 1.807) is 6.07 Å². The van der Waals surface area contributed by atoms with Crippen molar-refractivity contribution in [3.8, 4) is 23.0 Å². The molecule has 0 bridgehead atoms. The zero-order valence-corrected chi connectivity index (χ0v) is 22.5. The number of aryl methyl sites for hydroxylation is 3. The Morgan fingerprint density at radius 3 is 2.06 bits per heavy atom. The molecule has 0 radical (unpaired) electrons. The highest BCUT2D eigenvalue weighted by molar-refractivity contribution is 5.68. The van der Waals surface area contributed by atoms with E-state index in [9.17, 15) is 9.50 Å². The van der Waals surface area contributed by atoms with E-state index in [1.807, 2.05) is 19.1 Å². The van der Waals surface area contributed by atoms with Crippen LogP contribution >= 0.6 is 0 Å². The van der Waals surface area contributed by atoms with Crippen LogP contribution in [0.25, 0.3) is 11.1 Å². The second-order valence-corrected chi connectivity index (χ2v) is 10.5. The Morgan fingerprint density at radius 1 is 0.861 bits per heavy atom. The highest BCUT2D eigenvalue weighted by atomic mass is 19.1. The average molecular weight is 483 g/mol. The topological polar surface area (TPSA) is 20.2 Å². The molecule has 2 heteroatoms. The van der Waals surface area contributed by atoms with Gasteiger partial charge in [0.15, 0.2) is 0 Å². The van der Waals surface area contributed by atoms with Gasteiger partial charge in [-0.2, -0.15) is 0 Å². The Morgan fingerprint density at radius 2 is 1.50 bits per heavy atom. The van der Waals surface area contributed by atoms with Crippen molar-refractivity contribution in [1.29, 1.82) is 0 Å². The van der Waals surface area contributed by atoms with Gasteiger partial charge in [0.2, 0.25) is 0 Å². The van der Waals surface area contributed by atoms with Crippen molar-refractivity contribution in [1.82, 2.24) is 0 Å². The minimum Gasteiger partial charge on any atom is -0.378 e. The molecule has 1 saturated carbocycles. The zero-order valence-electron chi connectivity index (χ0n) is 22.5. The van der Waals surface area contributed by atoms with Crippen LogP contribution in [-0.4, -0.2) is 10.7 Å². The van der Waals surface area contributed by atoms with Crippen molar-refractivity contribution in [2.45, 2.75) is 90.6 Å². The molecule has 3 aromatic rings. The molecule has 1 nitrogen and oxygen atoms in total. The highest BCUT2D eigenvalue weighted by Crippen LogP contribution is 2.41. The monoisotopic (exact) mass is 482 g/mol. The third-order valence-electron chi connectivity index (χ3n) is 8.37. The van der Waals surface area contributed by atoms with E-state index < -0.39 is 5.60 Å². The van der Waals surface area contributed by atoms with Gasteiger partial charge >= 0.3 is 0 Å². The molecule has 1 aliphatic carbocycles. The second-order valence-electron chi connectivity index (χ2n) is 10.5. The molecular formula is C34H39FO. The number of benzene rings is 3. The van der Waals surface area contributed by atoms with Gasteiger partial charge in [-0.1, -0.05) is 75.1 Å².